The Balaban J connectivity index is 1.89. The summed E-state index contributed by atoms with van der Waals surface area (Å²) in [6.45, 7) is 5.33. The number of hydrogen-bond acceptors (Lipinski definition) is 3. The number of nitrogen functional groups attached to an aromatic ring is 1. The summed E-state index contributed by atoms with van der Waals surface area (Å²) in [5.41, 5.74) is 7.95. The molecule has 3 N–H and O–H groups in total. The Morgan fingerprint density at radius 1 is 1.38 bits per heavy atom. The van der Waals surface area contributed by atoms with Gasteiger partial charge in [0.05, 0.1) is 11.9 Å². The van der Waals surface area contributed by atoms with Gasteiger partial charge < -0.3 is 11.1 Å². The highest BCUT2D eigenvalue weighted by atomic mass is 16.2. The van der Waals surface area contributed by atoms with E-state index in [0.717, 1.165) is 6.42 Å². The van der Waals surface area contributed by atoms with Crippen LogP contribution in [0.4, 0.5) is 5.69 Å². The van der Waals surface area contributed by atoms with Crippen molar-refractivity contribution in [2.75, 3.05) is 12.3 Å². The van der Waals surface area contributed by atoms with Crippen molar-refractivity contribution < 1.29 is 4.79 Å². The highest BCUT2D eigenvalue weighted by molar-refractivity contribution is 5.97. The Labute approximate surface area is 125 Å². The van der Waals surface area contributed by atoms with E-state index in [9.17, 15) is 4.79 Å². The maximum Gasteiger partial charge on any atom is 0.271 e. The molecular formula is C16H22N4O. The molecule has 1 atom stereocenters. The fourth-order valence-electron chi connectivity index (χ4n) is 2.32. The molecular weight excluding hydrogens is 264 g/mol. The normalized spacial score (nSPS) is 12.1. The predicted molar refractivity (Wildman–Crippen MR) is 84.1 cm³/mol. The first-order chi connectivity index (χ1) is 10.1. The average Bonchev–Trinajstić information content (AvgIpc) is 2.89. The van der Waals surface area contributed by atoms with Crippen LogP contribution in [0.5, 0.6) is 0 Å². The molecule has 21 heavy (non-hydrogen) atoms. The molecule has 112 valence electrons. The van der Waals surface area contributed by atoms with Crippen LogP contribution in [0.15, 0.2) is 36.5 Å². The number of hydrogen-bond donors (Lipinski definition) is 2. The summed E-state index contributed by atoms with van der Waals surface area (Å²) in [6, 6.07) is 10.3. The highest BCUT2D eigenvalue weighted by Crippen LogP contribution is 2.17. The number of carbonyl (C=O) groups excluding carboxylic acids is 1. The van der Waals surface area contributed by atoms with Gasteiger partial charge in [-0.2, -0.15) is 5.10 Å². The van der Waals surface area contributed by atoms with Crippen molar-refractivity contribution in [3.63, 3.8) is 0 Å². The molecule has 5 heteroatoms. The number of nitrogens with one attached hydrogen (secondary N) is 1. The first kappa shape index (κ1) is 15.1. The molecule has 2 rings (SSSR count). The fourth-order valence-corrected chi connectivity index (χ4v) is 2.32. The minimum atomic E-state index is -0.160. The second-order valence-corrected chi connectivity index (χ2v) is 5.12. The second kappa shape index (κ2) is 6.92. The SMILES string of the molecule is CCn1ncc(N)c1C(=O)NCCC(C)c1ccccc1. The van der Waals surface area contributed by atoms with Crippen LogP contribution in [0.2, 0.25) is 0 Å². The van der Waals surface area contributed by atoms with E-state index < -0.39 is 0 Å². The summed E-state index contributed by atoms with van der Waals surface area (Å²) in [5, 5.41) is 7.00. The van der Waals surface area contributed by atoms with Gasteiger partial charge in [0.1, 0.15) is 5.69 Å². The quantitative estimate of drug-likeness (QED) is 0.856. The molecule has 2 aromatic rings. The third-order valence-corrected chi connectivity index (χ3v) is 3.61. The third kappa shape index (κ3) is 3.62. The predicted octanol–water partition coefficient (Wildman–Crippen LogP) is 2.41. The van der Waals surface area contributed by atoms with E-state index in [1.807, 2.05) is 25.1 Å². The Kier molecular flexibility index (Phi) is 4.98. The average molecular weight is 286 g/mol. The molecule has 0 saturated carbocycles. The number of amides is 1. The largest absolute Gasteiger partial charge is 0.396 e. The monoisotopic (exact) mass is 286 g/mol. The lowest BCUT2D eigenvalue weighted by Crippen LogP contribution is -2.28. The second-order valence-electron chi connectivity index (χ2n) is 5.12. The molecule has 1 amide bonds. The number of anilines is 1. The van der Waals surface area contributed by atoms with Crippen LogP contribution in [0.3, 0.4) is 0 Å². The summed E-state index contributed by atoms with van der Waals surface area (Å²) < 4.78 is 1.62. The minimum Gasteiger partial charge on any atom is -0.396 e. The van der Waals surface area contributed by atoms with Crippen LogP contribution >= 0.6 is 0 Å². The topological polar surface area (TPSA) is 72.9 Å². The lowest BCUT2D eigenvalue weighted by atomic mass is 9.98. The Hall–Kier alpha value is -2.30. The maximum atomic E-state index is 12.2. The van der Waals surface area contributed by atoms with Crippen molar-refractivity contribution in [2.24, 2.45) is 0 Å². The molecule has 0 aliphatic carbocycles. The van der Waals surface area contributed by atoms with Crippen LogP contribution in [-0.2, 0) is 6.54 Å². The summed E-state index contributed by atoms with van der Waals surface area (Å²) in [6.07, 6.45) is 2.40. The van der Waals surface area contributed by atoms with Gasteiger partial charge >= 0.3 is 0 Å². The molecule has 0 aliphatic rings. The van der Waals surface area contributed by atoms with Crippen molar-refractivity contribution in [3.8, 4) is 0 Å². The molecule has 1 heterocycles. The van der Waals surface area contributed by atoms with Gasteiger partial charge in [0.15, 0.2) is 0 Å². The van der Waals surface area contributed by atoms with Gasteiger partial charge in [0, 0.05) is 13.1 Å². The lowest BCUT2D eigenvalue weighted by Gasteiger charge is -2.13. The number of aromatic nitrogens is 2. The van der Waals surface area contributed by atoms with Crippen LogP contribution in [-0.4, -0.2) is 22.2 Å². The van der Waals surface area contributed by atoms with E-state index in [-0.39, 0.29) is 5.91 Å². The van der Waals surface area contributed by atoms with Crippen LogP contribution < -0.4 is 11.1 Å². The molecule has 0 fully saturated rings. The number of nitrogens with two attached hydrogens (primary N) is 1. The van der Waals surface area contributed by atoms with Gasteiger partial charge in [-0.25, -0.2) is 0 Å². The van der Waals surface area contributed by atoms with E-state index in [0.29, 0.717) is 30.4 Å². The van der Waals surface area contributed by atoms with Crippen LogP contribution in [0.1, 0.15) is 42.2 Å². The standard InChI is InChI=1S/C16H22N4O/c1-3-20-15(14(17)11-19-20)16(21)18-10-9-12(2)13-7-5-4-6-8-13/h4-8,11-12H,3,9-10,17H2,1-2H3,(H,18,21). The Morgan fingerprint density at radius 3 is 2.76 bits per heavy atom. The molecule has 0 aliphatic heterocycles. The molecule has 1 aromatic heterocycles. The van der Waals surface area contributed by atoms with Crippen molar-refractivity contribution in [1.29, 1.82) is 0 Å². The van der Waals surface area contributed by atoms with Crippen molar-refractivity contribution in [1.82, 2.24) is 15.1 Å². The van der Waals surface area contributed by atoms with E-state index >= 15 is 0 Å². The van der Waals surface area contributed by atoms with Crippen molar-refractivity contribution >= 4 is 11.6 Å². The van der Waals surface area contributed by atoms with E-state index in [1.165, 1.54) is 11.8 Å². The summed E-state index contributed by atoms with van der Waals surface area (Å²) in [5.74, 6) is 0.243. The minimum absolute atomic E-state index is 0.160. The molecule has 0 saturated heterocycles. The number of benzene rings is 1. The van der Waals surface area contributed by atoms with Crippen LogP contribution in [0.25, 0.3) is 0 Å². The zero-order chi connectivity index (χ0) is 15.2. The number of rotatable bonds is 6. The third-order valence-electron chi connectivity index (χ3n) is 3.61. The summed E-state index contributed by atoms with van der Waals surface area (Å²) in [4.78, 5) is 12.2. The van der Waals surface area contributed by atoms with Crippen molar-refractivity contribution in [2.45, 2.75) is 32.7 Å². The summed E-state index contributed by atoms with van der Waals surface area (Å²) in [7, 11) is 0. The number of aryl methyl sites for hydroxylation is 1. The van der Waals surface area contributed by atoms with Crippen molar-refractivity contribution in [3.05, 3.63) is 47.8 Å². The van der Waals surface area contributed by atoms with E-state index in [4.69, 9.17) is 5.73 Å². The molecule has 0 spiro atoms. The summed E-state index contributed by atoms with van der Waals surface area (Å²) >= 11 is 0. The van der Waals surface area contributed by atoms with E-state index in [2.05, 4.69) is 29.5 Å². The first-order valence-electron chi connectivity index (χ1n) is 7.28. The zero-order valence-electron chi connectivity index (χ0n) is 12.5. The molecule has 0 bridgehead atoms. The zero-order valence-corrected chi connectivity index (χ0v) is 12.5. The first-order valence-corrected chi connectivity index (χ1v) is 7.28. The Bertz CT molecular complexity index is 592. The number of carbonyl (C=O) groups is 1. The van der Waals surface area contributed by atoms with Gasteiger partial charge in [-0.1, -0.05) is 37.3 Å². The number of nitrogens with zero attached hydrogens (tertiary/aromatic N) is 2. The van der Waals surface area contributed by atoms with Gasteiger partial charge in [0.25, 0.3) is 5.91 Å². The fraction of sp³-hybridized carbons (Fsp3) is 0.375. The smallest absolute Gasteiger partial charge is 0.271 e. The highest BCUT2D eigenvalue weighted by Gasteiger charge is 2.16. The van der Waals surface area contributed by atoms with Gasteiger partial charge in [-0.15, -0.1) is 0 Å². The van der Waals surface area contributed by atoms with Crippen LogP contribution in [0, 0.1) is 0 Å². The lowest BCUT2D eigenvalue weighted by molar-refractivity contribution is 0.0943. The van der Waals surface area contributed by atoms with E-state index in [1.54, 1.807) is 4.68 Å². The van der Waals surface area contributed by atoms with Gasteiger partial charge in [-0.3, -0.25) is 9.48 Å². The Morgan fingerprint density at radius 2 is 2.10 bits per heavy atom. The molecule has 1 aromatic carbocycles. The van der Waals surface area contributed by atoms with Gasteiger partial charge in [-0.05, 0) is 24.8 Å². The molecule has 5 nitrogen and oxygen atoms in total. The maximum absolute atomic E-state index is 12.2. The molecule has 0 radical (unpaired) electrons. The molecule has 1 unspecified atom stereocenters. The van der Waals surface area contributed by atoms with Gasteiger partial charge in [0.2, 0.25) is 0 Å².